The molecule has 1 fully saturated rings. The number of benzene rings is 1. The molecule has 1 saturated heterocycles. The molecular formula is C17H26N2O3. The summed E-state index contributed by atoms with van der Waals surface area (Å²) in [5.74, 6) is 1.23. The Kier molecular flexibility index (Phi) is 6.21. The van der Waals surface area contributed by atoms with E-state index in [0.717, 1.165) is 31.7 Å². The first-order valence-corrected chi connectivity index (χ1v) is 7.88. The molecule has 1 amide bonds. The van der Waals surface area contributed by atoms with Gasteiger partial charge in [0, 0.05) is 31.8 Å². The number of carbonyl (C=O) groups excluding carboxylic acids is 1. The van der Waals surface area contributed by atoms with Gasteiger partial charge in [-0.25, -0.2) is 0 Å². The molecule has 2 atom stereocenters. The molecule has 0 aromatic heterocycles. The van der Waals surface area contributed by atoms with Crippen LogP contribution in [0.4, 0.5) is 0 Å². The van der Waals surface area contributed by atoms with Crippen molar-refractivity contribution in [3.05, 3.63) is 29.8 Å². The zero-order valence-electron chi connectivity index (χ0n) is 13.5. The molecule has 0 saturated carbocycles. The van der Waals surface area contributed by atoms with Gasteiger partial charge in [0.1, 0.15) is 12.4 Å². The maximum absolute atomic E-state index is 12.6. The first kappa shape index (κ1) is 16.8. The summed E-state index contributed by atoms with van der Waals surface area (Å²) >= 11 is 0. The Bertz CT molecular complexity index is 473. The number of methoxy groups -OCH3 is 1. The molecule has 5 heteroatoms. The summed E-state index contributed by atoms with van der Waals surface area (Å²) in [6.07, 6.45) is 2.13. The third kappa shape index (κ3) is 4.45. The molecule has 22 heavy (non-hydrogen) atoms. The van der Waals surface area contributed by atoms with Crippen molar-refractivity contribution in [2.24, 2.45) is 11.7 Å². The minimum absolute atomic E-state index is 0.0776. The van der Waals surface area contributed by atoms with E-state index >= 15 is 0 Å². The van der Waals surface area contributed by atoms with Gasteiger partial charge in [0.25, 0.3) is 5.91 Å². The van der Waals surface area contributed by atoms with Gasteiger partial charge in [-0.2, -0.15) is 0 Å². The Hall–Kier alpha value is -1.59. The van der Waals surface area contributed by atoms with Crippen molar-refractivity contribution in [1.29, 1.82) is 0 Å². The van der Waals surface area contributed by atoms with Crippen LogP contribution in [-0.4, -0.2) is 50.3 Å². The van der Waals surface area contributed by atoms with Gasteiger partial charge >= 0.3 is 0 Å². The number of nitrogens with zero attached hydrogens (tertiary/aromatic N) is 1. The fourth-order valence-corrected chi connectivity index (χ4v) is 2.74. The smallest absolute Gasteiger partial charge is 0.253 e. The Morgan fingerprint density at radius 3 is 2.73 bits per heavy atom. The van der Waals surface area contributed by atoms with E-state index in [4.69, 9.17) is 15.2 Å². The van der Waals surface area contributed by atoms with Crippen molar-refractivity contribution in [3.63, 3.8) is 0 Å². The van der Waals surface area contributed by atoms with Crippen LogP contribution in [0.1, 0.15) is 30.1 Å². The van der Waals surface area contributed by atoms with E-state index in [1.165, 1.54) is 0 Å². The maximum atomic E-state index is 12.6. The van der Waals surface area contributed by atoms with Gasteiger partial charge in [0.05, 0.1) is 6.61 Å². The summed E-state index contributed by atoms with van der Waals surface area (Å²) in [6, 6.07) is 7.43. The van der Waals surface area contributed by atoms with Gasteiger partial charge in [-0.1, -0.05) is 0 Å². The molecule has 0 aliphatic carbocycles. The highest BCUT2D eigenvalue weighted by Gasteiger charge is 2.26. The summed E-state index contributed by atoms with van der Waals surface area (Å²) in [5, 5.41) is 0. The molecule has 0 radical (unpaired) electrons. The van der Waals surface area contributed by atoms with E-state index in [0.29, 0.717) is 24.7 Å². The number of carbonyl (C=O) groups is 1. The Balaban J connectivity index is 1.94. The molecule has 2 rings (SSSR count). The molecule has 1 aliphatic heterocycles. The third-order valence-electron chi connectivity index (χ3n) is 4.15. The van der Waals surface area contributed by atoms with E-state index in [-0.39, 0.29) is 11.9 Å². The highest BCUT2D eigenvalue weighted by molar-refractivity contribution is 5.94. The summed E-state index contributed by atoms with van der Waals surface area (Å²) in [5.41, 5.74) is 6.68. The fourth-order valence-electron chi connectivity index (χ4n) is 2.74. The van der Waals surface area contributed by atoms with Crippen molar-refractivity contribution in [2.45, 2.75) is 25.8 Å². The number of piperidine rings is 1. The number of rotatable bonds is 6. The van der Waals surface area contributed by atoms with Crippen LogP contribution < -0.4 is 10.5 Å². The summed E-state index contributed by atoms with van der Waals surface area (Å²) in [6.45, 7) is 4.64. The molecule has 1 heterocycles. The molecule has 2 unspecified atom stereocenters. The average molecular weight is 306 g/mol. The van der Waals surface area contributed by atoms with Crippen LogP contribution in [0.2, 0.25) is 0 Å². The second kappa shape index (κ2) is 8.15. The van der Waals surface area contributed by atoms with Crippen molar-refractivity contribution >= 4 is 5.91 Å². The lowest BCUT2D eigenvalue weighted by atomic mass is 9.92. The van der Waals surface area contributed by atoms with Gasteiger partial charge in [0.2, 0.25) is 0 Å². The van der Waals surface area contributed by atoms with Gasteiger partial charge in [-0.3, -0.25) is 4.79 Å². The van der Waals surface area contributed by atoms with Crippen molar-refractivity contribution < 1.29 is 14.3 Å². The first-order chi connectivity index (χ1) is 10.6. The fraction of sp³-hybridized carbons (Fsp3) is 0.588. The largest absolute Gasteiger partial charge is 0.491 e. The molecule has 2 N–H and O–H groups in total. The van der Waals surface area contributed by atoms with Crippen LogP contribution in [0, 0.1) is 5.92 Å². The van der Waals surface area contributed by atoms with Crippen molar-refractivity contribution in [1.82, 2.24) is 4.90 Å². The molecule has 0 spiro atoms. The van der Waals surface area contributed by atoms with Crippen molar-refractivity contribution in [2.75, 3.05) is 33.4 Å². The average Bonchev–Trinajstić information content (AvgIpc) is 2.55. The monoisotopic (exact) mass is 306 g/mol. The van der Waals surface area contributed by atoms with E-state index in [1.54, 1.807) is 7.11 Å². The SMILES string of the molecule is COCCOc1ccc(C(=O)N2CCCC(C(C)N)C2)cc1. The number of nitrogens with two attached hydrogens (primary N) is 1. The Labute approximate surface area is 132 Å². The number of amides is 1. The van der Waals surface area contributed by atoms with Gasteiger partial charge in [-0.05, 0) is 49.9 Å². The first-order valence-electron chi connectivity index (χ1n) is 7.88. The maximum Gasteiger partial charge on any atom is 0.253 e. The van der Waals surface area contributed by atoms with E-state index in [1.807, 2.05) is 36.1 Å². The van der Waals surface area contributed by atoms with Crippen LogP contribution in [-0.2, 0) is 4.74 Å². The van der Waals surface area contributed by atoms with E-state index in [9.17, 15) is 4.79 Å². The van der Waals surface area contributed by atoms with Crippen LogP contribution in [0.25, 0.3) is 0 Å². The van der Waals surface area contributed by atoms with Crippen LogP contribution in [0.15, 0.2) is 24.3 Å². The normalized spacial score (nSPS) is 19.8. The lowest BCUT2D eigenvalue weighted by molar-refractivity contribution is 0.0661. The molecule has 122 valence electrons. The highest BCUT2D eigenvalue weighted by atomic mass is 16.5. The van der Waals surface area contributed by atoms with E-state index < -0.39 is 0 Å². The molecular weight excluding hydrogens is 280 g/mol. The quantitative estimate of drug-likeness (QED) is 0.815. The van der Waals surface area contributed by atoms with Crippen LogP contribution in [0.3, 0.4) is 0 Å². The Morgan fingerprint density at radius 1 is 1.36 bits per heavy atom. The standard InChI is InChI=1S/C17H26N2O3/c1-13(18)15-4-3-9-19(12-15)17(20)14-5-7-16(8-6-14)22-11-10-21-2/h5-8,13,15H,3-4,9-12,18H2,1-2H3. The zero-order valence-corrected chi connectivity index (χ0v) is 13.5. The second-order valence-electron chi connectivity index (χ2n) is 5.88. The lowest BCUT2D eigenvalue weighted by Crippen LogP contribution is -2.45. The summed E-state index contributed by atoms with van der Waals surface area (Å²) in [4.78, 5) is 14.5. The van der Waals surface area contributed by atoms with Gasteiger partial charge in [-0.15, -0.1) is 0 Å². The Morgan fingerprint density at radius 2 is 2.09 bits per heavy atom. The zero-order chi connectivity index (χ0) is 15.9. The number of ether oxygens (including phenoxy) is 2. The molecule has 5 nitrogen and oxygen atoms in total. The topological polar surface area (TPSA) is 64.8 Å². The second-order valence-corrected chi connectivity index (χ2v) is 5.88. The van der Waals surface area contributed by atoms with Gasteiger partial charge in [0.15, 0.2) is 0 Å². The molecule has 1 aromatic rings. The summed E-state index contributed by atoms with van der Waals surface area (Å²) in [7, 11) is 1.64. The van der Waals surface area contributed by atoms with Crippen LogP contribution in [0.5, 0.6) is 5.75 Å². The molecule has 1 aromatic carbocycles. The van der Waals surface area contributed by atoms with Crippen LogP contribution >= 0.6 is 0 Å². The molecule has 0 bridgehead atoms. The predicted octanol–water partition coefficient (Wildman–Crippen LogP) is 1.91. The van der Waals surface area contributed by atoms with E-state index in [2.05, 4.69) is 0 Å². The highest BCUT2D eigenvalue weighted by Crippen LogP contribution is 2.21. The van der Waals surface area contributed by atoms with Gasteiger partial charge < -0.3 is 20.1 Å². The minimum atomic E-state index is 0.0776. The number of hydrogen-bond donors (Lipinski definition) is 1. The molecule has 1 aliphatic rings. The minimum Gasteiger partial charge on any atom is -0.491 e. The number of likely N-dealkylation sites (tertiary alicyclic amines) is 1. The third-order valence-corrected chi connectivity index (χ3v) is 4.15. The predicted molar refractivity (Wildman–Crippen MR) is 86.1 cm³/mol. The lowest BCUT2D eigenvalue weighted by Gasteiger charge is -2.34. The van der Waals surface area contributed by atoms with Crippen molar-refractivity contribution in [3.8, 4) is 5.75 Å². The summed E-state index contributed by atoms with van der Waals surface area (Å²) < 4.78 is 10.4. The number of hydrogen-bond acceptors (Lipinski definition) is 4.